The Bertz CT molecular complexity index is 540. The van der Waals surface area contributed by atoms with Gasteiger partial charge in [-0.25, -0.2) is 4.98 Å². The van der Waals surface area contributed by atoms with E-state index in [9.17, 15) is 5.11 Å². The first-order chi connectivity index (χ1) is 8.56. The zero-order valence-corrected chi connectivity index (χ0v) is 11.8. The molecule has 1 heterocycles. The van der Waals surface area contributed by atoms with Crippen LogP contribution in [-0.2, 0) is 6.54 Å². The minimum atomic E-state index is 0.296. The Hall–Kier alpha value is -1.26. The molecule has 0 aliphatic heterocycles. The number of anilines is 1. The van der Waals surface area contributed by atoms with Crippen LogP contribution in [0.5, 0.6) is 5.75 Å². The fraction of sp³-hybridized carbons (Fsp3) is 0.308. The van der Waals surface area contributed by atoms with Crippen LogP contribution in [-0.4, -0.2) is 10.1 Å². The summed E-state index contributed by atoms with van der Waals surface area (Å²) in [5.74, 6) is 0.640. The predicted octanol–water partition coefficient (Wildman–Crippen LogP) is 4.24. The number of aromatic nitrogens is 1. The van der Waals surface area contributed by atoms with Crippen molar-refractivity contribution in [1.82, 2.24) is 4.98 Å². The molecule has 0 aliphatic carbocycles. The molecule has 1 aromatic carbocycles. The van der Waals surface area contributed by atoms with Crippen LogP contribution in [0.2, 0.25) is 4.47 Å². The van der Waals surface area contributed by atoms with Crippen molar-refractivity contribution in [2.24, 2.45) is 0 Å². The zero-order chi connectivity index (χ0) is 13.1. The van der Waals surface area contributed by atoms with Crippen LogP contribution in [0, 0.1) is 0 Å². The van der Waals surface area contributed by atoms with Crippen LogP contribution in [0.15, 0.2) is 24.4 Å². The number of hydrogen-bond acceptors (Lipinski definition) is 4. The Morgan fingerprint density at radius 1 is 1.44 bits per heavy atom. The Morgan fingerprint density at radius 3 is 2.83 bits per heavy atom. The van der Waals surface area contributed by atoms with Crippen LogP contribution >= 0.6 is 22.9 Å². The lowest BCUT2D eigenvalue weighted by Gasteiger charge is -2.11. The molecule has 0 saturated carbocycles. The monoisotopic (exact) mass is 282 g/mol. The van der Waals surface area contributed by atoms with Gasteiger partial charge in [-0.05, 0) is 29.7 Å². The molecule has 0 amide bonds. The second-order valence-corrected chi connectivity index (χ2v) is 6.06. The van der Waals surface area contributed by atoms with Crippen molar-refractivity contribution in [3.8, 4) is 5.75 Å². The largest absolute Gasteiger partial charge is 0.508 e. The summed E-state index contributed by atoms with van der Waals surface area (Å²) in [6.07, 6.45) is 1.77. The molecule has 0 atom stereocenters. The van der Waals surface area contributed by atoms with Crippen molar-refractivity contribution >= 4 is 28.6 Å². The quantitative estimate of drug-likeness (QED) is 0.825. The fourth-order valence-corrected chi connectivity index (χ4v) is 2.60. The first-order valence-electron chi connectivity index (χ1n) is 5.73. The fourth-order valence-electron chi connectivity index (χ4n) is 1.68. The molecule has 18 heavy (non-hydrogen) atoms. The van der Waals surface area contributed by atoms with E-state index < -0.39 is 0 Å². The molecule has 0 aliphatic rings. The summed E-state index contributed by atoms with van der Waals surface area (Å²) in [5, 5.41) is 13.0. The molecule has 0 spiro atoms. The SMILES string of the molecule is CC(C)c1cc(NCc2cnc(Cl)s2)ccc1O. The molecule has 2 N–H and O–H groups in total. The number of aromatic hydroxyl groups is 1. The molecule has 2 rings (SSSR count). The van der Waals surface area contributed by atoms with E-state index in [0.29, 0.717) is 22.7 Å². The highest BCUT2D eigenvalue weighted by atomic mass is 35.5. The second kappa shape index (κ2) is 5.59. The number of hydrogen-bond donors (Lipinski definition) is 2. The zero-order valence-electron chi connectivity index (χ0n) is 10.3. The van der Waals surface area contributed by atoms with E-state index in [1.165, 1.54) is 11.3 Å². The molecule has 0 radical (unpaired) electrons. The minimum absolute atomic E-state index is 0.296. The molecular formula is C13H15ClN2OS. The van der Waals surface area contributed by atoms with Gasteiger partial charge in [0.2, 0.25) is 0 Å². The first kappa shape index (κ1) is 13.2. The summed E-state index contributed by atoms with van der Waals surface area (Å²) in [6.45, 7) is 4.80. The second-order valence-electron chi connectivity index (χ2n) is 4.36. The summed E-state index contributed by atoms with van der Waals surface area (Å²) in [5.41, 5.74) is 1.93. The highest BCUT2D eigenvalue weighted by molar-refractivity contribution is 7.15. The average Bonchev–Trinajstić information content (AvgIpc) is 2.74. The van der Waals surface area contributed by atoms with E-state index >= 15 is 0 Å². The number of rotatable bonds is 4. The van der Waals surface area contributed by atoms with Crippen LogP contribution in [0.3, 0.4) is 0 Å². The van der Waals surface area contributed by atoms with Gasteiger partial charge in [0.25, 0.3) is 0 Å². The Kier molecular flexibility index (Phi) is 4.09. The van der Waals surface area contributed by atoms with Gasteiger partial charge in [0, 0.05) is 16.8 Å². The van der Waals surface area contributed by atoms with Gasteiger partial charge in [0.05, 0.1) is 6.54 Å². The minimum Gasteiger partial charge on any atom is -0.508 e. The number of halogens is 1. The van der Waals surface area contributed by atoms with Gasteiger partial charge >= 0.3 is 0 Å². The van der Waals surface area contributed by atoms with Crippen molar-refractivity contribution < 1.29 is 5.11 Å². The van der Waals surface area contributed by atoms with Gasteiger partial charge in [-0.15, -0.1) is 11.3 Å². The van der Waals surface area contributed by atoms with Gasteiger partial charge in [-0.3, -0.25) is 0 Å². The number of nitrogens with one attached hydrogen (secondary N) is 1. The van der Waals surface area contributed by atoms with Crippen LogP contribution in [0.25, 0.3) is 0 Å². The standard InChI is InChI=1S/C13H15ClN2OS/c1-8(2)11-5-9(3-4-12(11)17)15-6-10-7-16-13(14)18-10/h3-5,7-8,15,17H,6H2,1-2H3. The highest BCUT2D eigenvalue weighted by Crippen LogP contribution is 2.28. The summed E-state index contributed by atoms with van der Waals surface area (Å²) in [6, 6.07) is 5.56. The van der Waals surface area contributed by atoms with E-state index in [4.69, 9.17) is 11.6 Å². The van der Waals surface area contributed by atoms with E-state index in [0.717, 1.165) is 16.1 Å². The molecule has 2 aromatic rings. The lowest BCUT2D eigenvalue weighted by molar-refractivity contribution is 0.465. The number of nitrogens with zero attached hydrogens (tertiary/aromatic N) is 1. The topological polar surface area (TPSA) is 45.2 Å². The van der Waals surface area contributed by atoms with Gasteiger partial charge in [-0.1, -0.05) is 25.4 Å². The van der Waals surface area contributed by atoms with Crippen LogP contribution in [0.1, 0.15) is 30.2 Å². The molecule has 1 aromatic heterocycles. The van der Waals surface area contributed by atoms with E-state index in [-0.39, 0.29) is 0 Å². The molecule has 0 fully saturated rings. The average molecular weight is 283 g/mol. The van der Waals surface area contributed by atoms with Gasteiger partial charge in [0.1, 0.15) is 5.75 Å². The molecule has 3 nitrogen and oxygen atoms in total. The maximum atomic E-state index is 9.74. The maximum Gasteiger partial charge on any atom is 0.183 e. The normalized spacial score (nSPS) is 10.9. The van der Waals surface area contributed by atoms with Crippen molar-refractivity contribution in [2.75, 3.05) is 5.32 Å². The summed E-state index contributed by atoms with van der Waals surface area (Å²) < 4.78 is 0.556. The lowest BCUT2D eigenvalue weighted by Crippen LogP contribution is -1.99. The van der Waals surface area contributed by atoms with E-state index in [1.807, 2.05) is 12.1 Å². The van der Waals surface area contributed by atoms with Gasteiger partial charge in [0.15, 0.2) is 4.47 Å². The van der Waals surface area contributed by atoms with Crippen molar-refractivity contribution in [3.63, 3.8) is 0 Å². The predicted molar refractivity (Wildman–Crippen MR) is 76.6 cm³/mol. The van der Waals surface area contributed by atoms with Crippen molar-refractivity contribution in [2.45, 2.75) is 26.3 Å². The summed E-state index contributed by atoms with van der Waals surface area (Å²) in [7, 11) is 0. The molecule has 0 saturated heterocycles. The number of benzene rings is 1. The Morgan fingerprint density at radius 2 is 2.22 bits per heavy atom. The smallest absolute Gasteiger partial charge is 0.183 e. The lowest BCUT2D eigenvalue weighted by atomic mass is 10.0. The number of thiazole rings is 1. The Labute approximate surface area is 115 Å². The Balaban J connectivity index is 2.08. The van der Waals surface area contributed by atoms with Gasteiger partial charge < -0.3 is 10.4 Å². The molecule has 0 bridgehead atoms. The number of phenols is 1. The molecule has 5 heteroatoms. The van der Waals surface area contributed by atoms with Crippen LogP contribution in [0.4, 0.5) is 5.69 Å². The molecule has 0 unspecified atom stereocenters. The van der Waals surface area contributed by atoms with Gasteiger partial charge in [-0.2, -0.15) is 0 Å². The molecule has 96 valence electrons. The van der Waals surface area contributed by atoms with Crippen LogP contribution < -0.4 is 5.32 Å². The highest BCUT2D eigenvalue weighted by Gasteiger charge is 2.07. The third-order valence-corrected chi connectivity index (χ3v) is 3.76. The third-order valence-electron chi connectivity index (χ3n) is 2.64. The first-order valence-corrected chi connectivity index (χ1v) is 6.92. The number of phenolic OH excluding ortho intramolecular Hbond substituents is 1. The van der Waals surface area contributed by atoms with Crippen molar-refractivity contribution in [1.29, 1.82) is 0 Å². The maximum absolute atomic E-state index is 9.74. The van der Waals surface area contributed by atoms with E-state index in [1.54, 1.807) is 12.3 Å². The van der Waals surface area contributed by atoms with E-state index in [2.05, 4.69) is 24.1 Å². The molecular weight excluding hydrogens is 268 g/mol. The van der Waals surface area contributed by atoms with Crippen molar-refractivity contribution in [3.05, 3.63) is 39.3 Å². The third kappa shape index (κ3) is 3.15. The summed E-state index contributed by atoms with van der Waals surface area (Å²) in [4.78, 5) is 5.08. The summed E-state index contributed by atoms with van der Waals surface area (Å²) >= 11 is 7.24.